The molecule has 2 aliphatic rings. The molecule has 134 valence electrons. The van der Waals surface area contributed by atoms with Crippen LogP contribution in [0.3, 0.4) is 0 Å². The first-order valence-corrected chi connectivity index (χ1v) is 9.46. The van der Waals surface area contributed by atoms with Crippen molar-refractivity contribution in [2.45, 2.75) is 44.7 Å². The summed E-state index contributed by atoms with van der Waals surface area (Å²) in [6.45, 7) is 1.47. The number of hydrogen-bond donors (Lipinski definition) is 1. The standard InChI is InChI=1S/C22H24N2O2/c25-21-9-4-14-24(21)15-16-10-12-18(13-11-16)22(26)23-20-8-3-6-17-5-1-2-7-19(17)20/h1-2,5,7,10-13,20H,3-4,6,8-9,14-15H2,(H,23,26)/t20-/m0/s1. The number of nitrogens with one attached hydrogen (secondary N) is 1. The lowest BCUT2D eigenvalue weighted by molar-refractivity contribution is -0.128. The van der Waals surface area contributed by atoms with Crippen molar-refractivity contribution in [3.05, 3.63) is 70.8 Å². The van der Waals surface area contributed by atoms with Crippen molar-refractivity contribution in [3.63, 3.8) is 0 Å². The lowest BCUT2D eigenvalue weighted by Crippen LogP contribution is -2.31. The van der Waals surface area contributed by atoms with Gasteiger partial charge in [0.2, 0.25) is 5.91 Å². The minimum atomic E-state index is -0.0319. The number of aryl methyl sites for hydroxylation is 1. The predicted molar refractivity (Wildman–Crippen MR) is 101 cm³/mol. The second-order valence-electron chi connectivity index (χ2n) is 7.23. The topological polar surface area (TPSA) is 49.4 Å². The second-order valence-corrected chi connectivity index (χ2v) is 7.23. The van der Waals surface area contributed by atoms with Gasteiger partial charge in [0.25, 0.3) is 5.91 Å². The average Bonchev–Trinajstić information content (AvgIpc) is 3.07. The van der Waals surface area contributed by atoms with Crippen molar-refractivity contribution in [3.8, 4) is 0 Å². The summed E-state index contributed by atoms with van der Waals surface area (Å²) < 4.78 is 0. The van der Waals surface area contributed by atoms with Crippen LogP contribution in [-0.4, -0.2) is 23.3 Å². The molecule has 2 aromatic carbocycles. The van der Waals surface area contributed by atoms with Crippen LogP contribution in [0.2, 0.25) is 0 Å². The number of amides is 2. The molecule has 0 radical (unpaired) electrons. The van der Waals surface area contributed by atoms with Crippen LogP contribution in [0.25, 0.3) is 0 Å². The van der Waals surface area contributed by atoms with E-state index in [-0.39, 0.29) is 17.9 Å². The Hall–Kier alpha value is -2.62. The minimum absolute atomic E-state index is 0.0319. The third kappa shape index (κ3) is 3.50. The first-order chi connectivity index (χ1) is 12.7. The minimum Gasteiger partial charge on any atom is -0.345 e. The fourth-order valence-corrected chi connectivity index (χ4v) is 4.00. The highest BCUT2D eigenvalue weighted by Crippen LogP contribution is 2.29. The van der Waals surface area contributed by atoms with E-state index < -0.39 is 0 Å². The predicted octanol–water partition coefficient (Wildman–Crippen LogP) is 3.62. The van der Waals surface area contributed by atoms with Gasteiger partial charge in [0.1, 0.15) is 0 Å². The van der Waals surface area contributed by atoms with Crippen LogP contribution in [-0.2, 0) is 17.8 Å². The first-order valence-electron chi connectivity index (χ1n) is 9.46. The van der Waals surface area contributed by atoms with Gasteiger partial charge in [-0.05, 0) is 54.5 Å². The Bertz CT molecular complexity index is 813. The summed E-state index contributed by atoms with van der Waals surface area (Å²) in [5, 5.41) is 3.19. The number of likely N-dealkylation sites (tertiary alicyclic amines) is 1. The largest absolute Gasteiger partial charge is 0.345 e. The van der Waals surface area contributed by atoms with E-state index in [1.165, 1.54) is 11.1 Å². The van der Waals surface area contributed by atoms with Crippen molar-refractivity contribution in [1.29, 1.82) is 0 Å². The molecular weight excluding hydrogens is 324 g/mol. The van der Waals surface area contributed by atoms with E-state index in [0.717, 1.165) is 37.8 Å². The molecule has 2 aromatic rings. The maximum atomic E-state index is 12.7. The molecule has 0 spiro atoms. The van der Waals surface area contributed by atoms with E-state index >= 15 is 0 Å². The van der Waals surface area contributed by atoms with Gasteiger partial charge in [-0.1, -0.05) is 36.4 Å². The highest BCUT2D eigenvalue weighted by Gasteiger charge is 2.22. The lowest BCUT2D eigenvalue weighted by atomic mass is 9.87. The summed E-state index contributed by atoms with van der Waals surface area (Å²) in [6.07, 6.45) is 4.78. The summed E-state index contributed by atoms with van der Waals surface area (Å²) in [5.41, 5.74) is 4.33. The van der Waals surface area contributed by atoms with Gasteiger partial charge in [0.15, 0.2) is 0 Å². The van der Waals surface area contributed by atoms with Crippen molar-refractivity contribution < 1.29 is 9.59 Å². The van der Waals surface area contributed by atoms with Gasteiger partial charge in [-0.25, -0.2) is 0 Å². The third-order valence-electron chi connectivity index (χ3n) is 5.44. The van der Waals surface area contributed by atoms with Crippen LogP contribution in [0, 0.1) is 0 Å². The highest BCUT2D eigenvalue weighted by atomic mass is 16.2. The molecule has 4 heteroatoms. The molecule has 2 amide bonds. The van der Waals surface area contributed by atoms with Crippen LogP contribution in [0.4, 0.5) is 0 Å². The van der Waals surface area contributed by atoms with Gasteiger partial charge in [0, 0.05) is 25.1 Å². The summed E-state index contributed by atoms with van der Waals surface area (Å²) >= 11 is 0. The number of carbonyl (C=O) groups is 2. The zero-order chi connectivity index (χ0) is 17.9. The molecule has 0 bridgehead atoms. The van der Waals surface area contributed by atoms with Crippen molar-refractivity contribution in [1.82, 2.24) is 10.2 Å². The summed E-state index contributed by atoms with van der Waals surface area (Å²) in [7, 11) is 0. The third-order valence-corrected chi connectivity index (χ3v) is 5.44. The number of fused-ring (bicyclic) bond motifs is 1. The van der Waals surface area contributed by atoms with E-state index in [0.29, 0.717) is 18.5 Å². The van der Waals surface area contributed by atoms with Crippen LogP contribution >= 0.6 is 0 Å². The van der Waals surface area contributed by atoms with Crippen molar-refractivity contribution >= 4 is 11.8 Å². The molecule has 0 saturated carbocycles. The fraction of sp³-hybridized carbons (Fsp3) is 0.364. The monoisotopic (exact) mass is 348 g/mol. The van der Waals surface area contributed by atoms with Gasteiger partial charge >= 0.3 is 0 Å². The van der Waals surface area contributed by atoms with Crippen LogP contribution in [0.5, 0.6) is 0 Å². The molecule has 1 aliphatic heterocycles. The molecular formula is C22H24N2O2. The second kappa shape index (κ2) is 7.32. The normalized spacial score (nSPS) is 19.3. The van der Waals surface area contributed by atoms with E-state index in [1.807, 2.05) is 35.2 Å². The van der Waals surface area contributed by atoms with Gasteiger partial charge in [-0.2, -0.15) is 0 Å². The summed E-state index contributed by atoms with van der Waals surface area (Å²) in [4.78, 5) is 26.3. The smallest absolute Gasteiger partial charge is 0.251 e. The first kappa shape index (κ1) is 16.8. The Kier molecular flexibility index (Phi) is 4.74. The van der Waals surface area contributed by atoms with Crippen molar-refractivity contribution in [2.75, 3.05) is 6.54 Å². The van der Waals surface area contributed by atoms with Gasteiger partial charge in [0.05, 0.1) is 6.04 Å². The van der Waals surface area contributed by atoms with E-state index in [1.54, 1.807) is 0 Å². The number of hydrogen-bond acceptors (Lipinski definition) is 2. The number of carbonyl (C=O) groups excluding carboxylic acids is 2. The molecule has 4 rings (SSSR count). The zero-order valence-electron chi connectivity index (χ0n) is 14.9. The molecule has 4 nitrogen and oxygen atoms in total. The molecule has 26 heavy (non-hydrogen) atoms. The van der Waals surface area contributed by atoms with Gasteiger partial charge in [-0.3, -0.25) is 9.59 Å². The number of benzene rings is 2. The van der Waals surface area contributed by atoms with Crippen LogP contribution < -0.4 is 5.32 Å². The zero-order valence-corrected chi connectivity index (χ0v) is 14.9. The maximum absolute atomic E-state index is 12.7. The summed E-state index contributed by atoms with van der Waals surface area (Å²) in [5.74, 6) is 0.193. The molecule has 1 aliphatic carbocycles. The quantitative estimate of drug-likeness (QED) is 0.917. The number of rotatable bonds is 4. The Balaban J connectivity index is 1.42. The fourth-order valence-electron chi connectivity index (χ4n) is 4.00. The van der Waals surface area contributed by atoms with E-state index in [4.69, 9.17) is 0 Å². The van der Waals surface area contributed by atoms with Crippen LogP contribution in [0.15, 0.2) is 48.5 Å². The molecule has 0 aromatic heterocycles. The SMILES string of the molecule is O=C(N[C@H]1CCCc2ccccc21)c1ccc(CN2CCCC2=O)cc1. The molecule has 0 unspecified atom stereocenters. The van der Waals surface area contributed by atoms with Gasteiger partial charge < -0.3 is 10.2 Å². The maximum Gasteiger partial charge on any atom is 0.251 e. The Labute approximate surface area is 154 Å². The molecule has 1 N–H and O–H groups in total. The summed E-state index contributed by atoms with van der Waals surface area (Å²) in [6, 6.07) is 16.1. The Morgan fingerprint density at radius 2 is 1.85 bits per heavy atom. The molecule has 1 atom stereocenters. The Morgan fingerprint density at radius 3 is 2.62 bits per heavy atom. The molecule has 1 heterocycles. The molecule has 1 saturated heterocycles. The number of nitrogens with zero attached hydrogens (tertiary/aromatic N) is 1. The van der Waals surface area contributed by atoms with Gasteiger partial charge in [-0.15, -0.1) is 0 Å². The van der Waals surface area contributed by atoms with E-state index in [2.05, 4.69) is 23.5 Å². The molecule has 1 fully saturated rings. The average molecular weight is 348 g/mol. The van der Waals surface area contributed by atoms with E-state index in [9.17, 15) is 9.59 Å². The van der Waals surface area contributed by atoms with Crippen LogP contribution in [0.1, 0.15) is 58.8 Å². The highest BCUT2D eigenvalue weighted by molar-refractivity contribution is 5.94. The Morgan fingerprint density at radius 1 is 1.04 bits per heavy atom. The van der Waals surface area contributed by atoms with Crippen molar-refractivity contribution in [2.24, 2.45) is 0 Å². The lowest BCUT2D eigenvalue weighted by Gasteiger charge is -2.26.